The van der Waals surface area contributed by atoms with E-state index in [4.69, 9.17) is 5.26 Å². The minimum atomic E-state index is -0.0390. The molecular weight excluding hydrogens is 212 g/mol. The number of carbonyl (C=O) groups is 1. The van der Waals surface area contributed by atoms with Crippen LogP contribution in [0, 0.1) is 25.2 Å². The average molecular weight is 228 g/mol. The van der Waals surface area contributed by atoms with Crippen molar-refractivity contribution in [2.75, 3.05) is 6.54 Å². The molecule has 0 aliphatic rings. The molecule has 0 aromatic heterocycles. The molecule has 0 aliphatic carbocycles. The zero-order valence-electron chi connectivity index (χ0n) is 10.4. The van der Waals surface area contributed by atoms with E-state index in [2.05, 4.69) is 11.4 Å². The average Bonchev–Trinajstić information content (AvgIpc) is 2.26. The zero-order valence-corrected chi connectivity index (χ0v) is 10.4. The Balaban J connectivity index is 2.85. The van der Waals surface area contributed by atoms with E-state index in [9.17, 15) is 4.79 Å². The summed E-state index contributed by atoms with van der Waals surface area (Å²) in [7, 11) is 0. The molecule has 0 radical (unpaired) electrons. The van der Waals surface area contributed by atoms with E-state index < -0.39 is 0 Å². The van der Waals surface area contributed by atoms with Gasteiger partial charge in [-0.3, -0.25) is 4.79 Å². The fraction of sp³-hybridized carbons (Fsp3) is 0.286. The van der Waals surface area contributed by atoms with Crippen molar-refractivity contribution in [3.05, 3.63) is 40.5 Å². The molecule has 0 atom stereocenters. The van der Waals surface area contributed by atoms with Crippen LogP contribution in [0.5, 0.6) is 0 Å². The smallest absolute Gasteiger partial charge is 0.217 e. The third kappa shape index (κ3) is 3.76. The van der Waals surface area contributed by atoms with E-state index in [1.165, 1.54) is 6.92 Å². The van der Waals surface area contributed by atoms with Gasteiger partial charge in [-0.05, 0) is 42.7 Å². The van der Waals surface area contributed by atoms with E-state index in [0.717, 1.165) is 16.7 Å². The van der Waals surface area contributed by atoms with Gasteiger partial charge in [0.15, 0.2) is 0 Å². The van der Waals surface area contributed by atoms with Gasteiger partial charge in [0.1, 0.15) is 0 Å². The number of carbonyl (C=O) groups excluding carboxylic acids is 1. The van der Waals surface area contributed by atoms with Crippen molar-refractivity contribution in [3.8, 4) is 6.07 Å². The van der Waals surface area contributed by atoms with Crippen molar-refractivity contribution in [1.82, 2.24) is 5.32 Å². The number of rotatable bonds is 3. The highest BCUT2D eigenvalue weighted by Gasteiger charge is 2.01. The number of nitriles is 1. The molecule has 0 heterocycles. The lowest BCUT2D eigenvalue weighted by Crippen LogP contribution is -2.19. The molecule has 1 aromatic carbocycles. The highest BCUT2D eigenvalue weighted by molar-refractivity contribution is 5.73. The first-order chi connectivity index (χ1) is 8.04. The van der Waals surface area contributed by atoms with Crippen LogP contribution in [-0.4, -0.2) is 12.5 Å². The Morgan fingerprint density at radius 2 is 2.00 bits per heavy atom. The van der Waals surface area contributed by atoms with Crippen molar-refractivity contribution in [1.29, 1.82) is 5.26 Å². The van der Waals surface area contributed by atoms with E-state index in [1.54, 1.807) is 0 Å². The Kier molecular flexibility index (Phi) is 4.47. The van der Waals surface area contributed by atoms with Crippen molar-refractivity contribution in [2.45, 2.75) is 20.8 Å². The van der Waals surface area contributed by atoms with Gasteiger partial charge in [-0.15, -0.1) is 0 Å². The molecule has 1 aromatic rings. The highest BCUT2D eigenvalue weighted by atomic mass is 16.1. The first-order valence-electron chi connectivity index (χ1n) is 5.47. The van der Waals surface area contributed by atoms with E-state index in [1.807, 2.05) is 38.1 Å². The molecule has 0 saturated carbocycles. The van der Waals surface area contributed by atoms with E-state index in [-0.39, 0.29) is 5.91 Å². The number of nitrogens with one attached hydrogen (secondary N) is 1. The predicted octanol–water partition coefficient (Wildman–Crippen LogP) is 2.32. The summed E-state index contributed by atoms with van der Waals surface area (Å²) in [4.78, 5) is 10.7. The highest BCUT2D eigenvalue weighted by Crippen LogP contribution is 2.17. The summed E-state index contributed by atoms with van der Waals surface area (Å²) in [5, 5.41) is 11.5. The van der Waals surface area contributed by atoms with Gasteiger partial charge in [0.2, 0.25) is 5.91 Å². The SMILES string of the molecule is CC(=O)NCC=Cc1c(C)cc(C#N)cc1C. The lowest BCUT2D eigenvalue weighted by atomic mass is 9.99. The topological polar surface area (TPSA) is 52.9 Å². The number of nitrogens with zero attached hydrogens (tertiary/aromatic N) is 1. The molecule has 88 valence electrons. The lowest BCUT2D eigenvalue weighted by Gasteiger charge is -2.06. The van der Waals surface area contributed by atoms with Crippen molar-refractivity contribution < 1.29 is 4.79 Å². The van der Waals surface area contributed by atoms with Crippen LogP contribution in [-0.2, 0) is 4.79 Å². The summed E-state index contributed by atoms with van der Waals surface area (Å²) in [5.41, 5.74) is 3.93. The van der Waals surface area contributed by atoms with Crippen LogP contribution in [0.15, 0.2) is 18.2 Å². The summed E-state index contributed by atoms with van der Waals surface area (Å²) in [6, 6.07) is 5.87. The van der Waals surface area contributed by atoms with E-state index in [0.29, 0.717) is 12.1 Å². The van der Waals surface area contributed by atoms with Gasteiger partial charge in [-0.2, -0.15) is 5.26 Å². The maximum atomic E-state index is 10.7. The quantitative estimate of drug-likeness (QED) is 0.863. The molecule has 1 N–H and O–H groups in total. The molecule has 1 amide bonds. The predicted molar refractivity (Wildman–Crippen MR) is 68.3 cm³/mol. The van der Waals surface area contributed by atoms with Crippen LogP contribution in [0.4, 0.5) is 0 Å². The largest absolute Gasteiger partial charge is 0.353 e. The second-order valence-electron chi connectivity index (χ2n) is 3.97. The van der Waals surface area contributed by atoms with Gasteiger partial charge in [-0.25, -0.2) is 0 Å². The Labute approximate surface area is 102 Å². The molecule has 0 saturated heterocycles. The van der Waals surface area contributed by atoms with Gasteiger partial charge >= 0.3 is 0 Å². The van der Waals surface area contributed by atoms with Crippen molar-refractivity contribution in [2.24, 2.45) is 0 Å². The molecule has 3 heteroatoms. The summed E-state index contributed by atoms with van der Waals surface area (Å²) in [5.74, 6) is -0.0390. The Morgan fingerprint density at radius 1 is 1.41 bits per heavy atom. The monoisotopic (exact) mass is 228 g/mol. The first-order valence-corrected chi connectivity index (χ1v) is 5.47. The van der Waals surface area contributed by atoms with Gasteiger partial charge in [0.05, 0.1) is 11.6 Å². The van der Waals surface area contributed by atoms with Crippen molar-refractivity contribution in [3.63, 3.8) is 0 Å². The Hall–Kier alpha value is -2.08. The molecule has 0 fully saturated rings. The molecule has 0 spiro atoms. The summed E-state index contributed by atoms with van der Waals surface area (Å²) < 4.78 is 0. The molecule has 17 heavy (non-hydrogen) atoms. The number of benzene rings is 1. The third-order valence-electron chi connectivity index (χ3n) is 2.48. The Bertz CT molecular complexity index is 472. The standard InChI is InChI=1S/C14H16N2O/c1-10-7-13(9-15)8-11(2)14(10)5-4-6-16-12(3)17/h4-5,7-8H,6H2,1-3H3,(H,16,17). The summed E-state index contributed by atoms with van der Waals surface area (Å²) in [6.07, 6.45) is 3.88. The summed E-state index contributed by atoms with van der Waals surface area (Å²) in [6.45, 7) is 5.97. The molecule has 0 bridgehead atoms. The van der Waals surface area contributed by atoms with Crippen molar-refractivity contribution >= 4 is 12.0 Å². The van der Waals surface area contributed by atoms with Gasteiger partial charge in [0.25, 0.3) is 0 Å². The summed E-state index contributed by atoms with van der Waals surface area (Å²) >= 11 is 0. The van der Waals surface area contributed by atoms with Gasteiger partial charge in [0, 0.05) is 13.5 Å². The molecular formula is C14H16N2O. The zero-order chi connectivity index (χ0) is 12.8. The normalized spacial score (nSPS) is 10.2. The number of amides is 1. The Morgan fingerprint density at radius 3 is 2.47 bits per heavy atom. The lowest BCUT2D eigenvalue weighted by molar-refractivity contribution is -0.118. The fourth-order valence-electron chi connectivity index (χ4n) is 1.68. The van der Waals surface area contributed by atoms with Crippen LogP contribution in [0.25, 0.3) is 6.08 Å². The van der Waals surface area contributed by atoms with Crippen LogP contribution in [0.1, 0.15) is 29.2 Å². The number of hydrogen-bond acceptors (Lipinski definition) is 2. The van der Waals surface area contributed by atoms with E-state index >= 15 is 0 Å². The van der Waals surface area contributed by atoms with Crippen LogP contribution >= 0.6 is 0 Å². The van der Waals surface area contributed by atoms with Gasteiger partial charge in [-0.1, -0.05) is 12.2 Å². The molecule has 3 nitrogen and oxygen atoms in total. The van der Waals surface area contributed by atoms with Crippen LogP contribution in [0.3, 0.4) is 0 Å². The maximum absolute atomic E-state index is 10.7. The second-order valence-corrected chi connectivity index (χ2v) is 3.97. The number of aryl methyl sites for hydroxylation is 2. The maximum Gasteiger partial charge on any atom is 0.217 e. The minimum absolute atomic E-state index is 0.0390. The number of hydrogen-bond donors (Lipinski definition) is 1. The van der Waals surface area contributed by atoms with Crippen LogP contribution in [0.2, 0.25) is 0 Å². The third-order valence-corrected chi connectivity index (χ3v) is 2.48. The van der Waals surface area contributed by atoms with Crippen LogP contribution < -0.4 is 5.32 Å². The minimum Gasteiger partial charge on any atom is -0.353 e. The fourth-order valence-corrected chi connectivity index (χ4v) is 1.68. The first kappa shape index (κ1) is 13.0. The van der Waals surface area contributed by atoms with Gasteiger partial charge < -0.3 is 5.32 Å². The second kappa shape index (κ2) is 5.86. The molecule has 0 unspecified atom stereocenters. The molecule has 1 rings (SSSR count). The molecule has 0 aliphatic heterocycles.